The van der Waals surface area contributed by atoms with E-state index in [2.05, 4.69) is 34.3 Å². The number of fused-ring (bicyclic) bond motifs is 1. The maximum atomic E-state index is 11.7. The molecule has 1 amide bonds. The van der Waals surface area contributed by atoms with E-state index in [1.165, 1.54) is 5.56 Å². The number of benzene rings is 1. The fraction of sp³-hybridized carbons (Fsp3) is 0.467. The van der Waals surface area contributed by atoms with Gasteiger partial charge in [-0.3, -0.25) is 4.79 Å². The number of aromatic amines is 1. The summed E-state index contributed by atoms with van der Waals surface area (Å²) in [6, 6.07) is 6.19. The average Bonchev–Trinajstić information content (AvgIpc) is 3.03. The van der Waals surface area contributed by atoms with Gasteiger partial charge in [0.15, 0.2) is 5.16 Å². The topological polar surface area (TPSA) is 83.8 Å². The Morgan fingerprint density at radius 2 is 2.38 bits per heavy atom. The molecule has 0 saturated heterocycles. The summed E-state index contributed by atoms with van der Waals surface area (Å²) in [5, 5.41) is 4.38. The fourth-order valence-corrected chi connectivity index (χ4v) is 4.23. The Kier molecular flexibility index (Phi) is 3.67. The van der Waals surface area contributed by atoms with Crippen LogP contribution >= 0.6 is 11.8 Å². The van der Waals surface area contributed by atoms with E-state index < -0.39 is 5.54 Å². The predicted octanol–water partition coefficient (Wildman–Crippen LogP) is 1.96. The SMILES string of the molecule is CNC1(C(N)=O)CCC(Sc2nc3ccc(C)cc3[nH]2)C1. The number of nitrogens with two attached hydrogens (primary N) is 1. The molecule has 1 aromatic carbocycles. The standard InChI is InChI=1S/C15H20N4OS/c1-9-3-4-11-12(7-9)19-14(18-11)21-10-5-6-15(8-10,17-2)13(16)20/h3-4,7,10,17H,5-6,8H2,1-2H3,(H2,16,20)(H,18,19). The molecule has 1 saturated carbocycles. The largest absolute Gasteiger partial charge is 0.368 e. The van der Waals surface area contributed by atoms with Crippen LogP contribution in [0.25, 0.3) is 11.0 Å². The van der Waals surface area contributed by atoms with E-state index in [-0.39, 0.29) is 5.91 Å². The van der Waals surface area contributed by atoms with Gasteiger partial charge in [-0.05, 0) is 50.9 Å². The molecule has 21 heavy (non-hydrogen) atoms. The van der Waals surface area contributed by atoms with Crippen molar-refractivity contribution in [3.05, 3.63) is 23.8 Å². The summed E-state index contributed by atoms with van der Waals surface area (Å²) in [4.78, 5) is 19.6. The Morgan fingerprint density at radius 1 is 1.57 bits per heavy atom. The summed E-state index contributed by atoms with van der Waals surface area (Å²) >= 11 is 1.70. The number of rotatable bonds is 4. The molecular weight excluding hydrogens is 284 g/mol. The second-order valence-corrected chi connectivity index (χ2v) is 7.03. The maximum absolute atomic E-state index is 11.7. The Labute approximate surface area is 128 Å². The first-order valence-corrected chi connectivity index (χ1v) is 8.02. The summed E-state index contributed by atoms with van der Waals surface area (Å²) in [7, 11) is 1.81. The highest BCUT2D eigenvalue weighted by molar-refractivity contribution is 7.99. The number of carbonyl (C=O) groups is 1. The lowest BCUT2D eigenvalue weighted by Crippen LogP contribution is -2.52. The smallest absolute Gasteiger partial charge is 0.237 e. The van der Waals surface area contributed by atoms with Gasteiger partial charge in [-0.2, -0.15) is 0 Å². The predicted molar refractivity (Wildman–Crippen MR) is 85.3 cm³/mol. The minimum Gasteiger partial charge on any atom is -0.368 e. The molecule has 1 aliphatic rings. The van der Waals surface area contributed by atoms with Crippen LogP contribution in [0.1, 0.15) is 24.8 Å². The van der Waals surface area contributed by atoms with Crippen LogP contribution < -0.4 is 11.1 Å². The van der Waals surface area contributed by atoms with Crippen LogP contribution in [0, 0.1) is 6.92 Å². The number of hydrogen-bond donors (Lipinski definition) is 3. The number of carbonyl (C=O) groups excluding carboxylic acids is 1. The van der Waals surface area contributed by atoms with E-state index in [0.717, 1.165) is 35.5 Å². The van der Waals surface area contributed by atoms with Gasteiger partial charge in [-0.25, -0.2) is 4.98 Å². The number of hydrogen-bond acceptors (Lipinski definition) is 4. The summed E-state index contributed by atoms with van der Waals surface area (Å²) in [6.07, 6.45) is 2.50. The molecule has 3 rings (SSSR count). The lowest BCUT2D eigenvalue weighted by molar-refractivity contribution is -0.124. The Balaban J connectivity index is 1.76. The van der Waals surface area contributed by atoms with E-state index >= 15 is 0 Å². The number of thioether (sulfide) groups is 1. The summed E-state index contributed by atoms with van der Waals surface area (Å²) in [5.74, 6) is -0.256. The van der Waals surface area contributed by atoms with Crippen LogP contribution in [0.4, 0.5) is 0 Å². The van der Waals surface area contributed by atoms with Crippen molar-refractivity contribution >= 4 is 28.7 Å². The molecule has 1 aromatic heterocycles. The fourth-order valence-electron chi connectivity index (χ4n) is 2.99. The third kappa shape index (κ3) is 2.65. The van der Waals surface area contributed by atoms with Crippen LogP contribution in [0.5, 0.6) is 0 Å². The molecule has 2 unspecified atom stereocenters. The van der Waals surface area contributed by atoms with Gasteiger partial charge in [0.25, 0.3) is 0 Å². The van der Waals surface area contributed by atoms with Crippen molar-refractivity contribution in [2.45, 2.75) is 42.1 Å². The molecular formula is C15H20N4OS. The van der Waals surface area contributed by atoms with Gasteiger partial charge in [-0.1, -0.05) is 17.8 Å². The van der Waals surface area contributed by atoms with Crippen molar-refractivity contribution < 1.29 is 4.79 Å². The number of aryl methyl sites for hydroxylation is 1. The molecule has 2 aromatic rings. The molecule has 0 radical (unpaired) electrons. The molecule has 1 heterocycles. The lowest BCUT2D eigenvalue weighted by atomic mass is 9.97. The number of primary amides is 1. The first-order chi connectivity index (χ1) is 10.0. The van der Waals surface area contributed by atoms with Crippen LogP contribution in [0.2, 0.25) is 0 Å². The van der Waals surface area contributed by atoms with Crippen molar-refractivity contribution in [3.8, 4) is 0 Å². The van der Waals surface area contributed by atoms with Crippen molar-refractivity contribution in [2.75, 3.05) is 7.05 Å². The zero-order valence-electron chi connectivity index (χ0n) is 12.3. The molecule has 0 spiro atoms. The normalized spacial score (nSPS) is 25.5. The van der Waals surface area contributed by atoms with Gasteiger partial charge in [0.05, 0.1) is 16.6 Å². The van der Waals surface area contributed by atoms with Gasteiger partial charge >= 0.3 is 0 Å². The van der Waals surface area contributed by atoms with Crippen molar-refractivity contribution in [3.63, 3.8) is 0 Å². The van der Waals surface area contributed by atoms with E-state index in [1.807, 2.05) is 13.1 Å². The first-order valence-electron chi connectivity index (χ1n) is 7.14. The van der Waals surface area contributed by atoms with Crippen LogP contribution in [0.15, 0.2) is 23.4 Å². The zero-order chi connectivity index (χ0) is 15.0. The average molecular weight is 304 g/mol. The molecule has 6 heteroatoms. The number of aromatic nitrogens is 2. The minimum absolute atomic E-state index is 0.256. The Bertz CT molecular complexity index is 683. The minimum atomic E-state index is -0.555. The third-order valence-corrected chi connectivity index (χ3v) is 5.47. The highest BCUT2D eigenvalue weighted by Gasteiger charge is 2.43. The molecule has 1 fully saturated rings. The molecule has 1 aliphatic carbocycles. The number of nitrogens with one attached hydrogen (secondary N) is 2. The van der Waals surface area contributed by atoms with Gasteiger partial charge in [0.1, 0.15) is 0 Å². The molecule has 4 N–H and O–H groups in total. The van der Waals surface area contributed by atoms with E-state index in [4.69, 9.17) is 5.73 Å². The molecule has 112 valence electrons. The number of amides is 1. The number of nitrogens with zero attached hydrogens (tertiary/aromatic N) is 1. The molecule has 0 aliphatic heterocycles. The number of likely N-dealkylation sites (N-methyl/N-ethyl adjacent to an activating group) is 1. The van der Waals surface area contributed by atoms with Gasteiger partial charge < -0.3 is 16.0 Å². The summed E-state index contributed by atoms with van der Waals surface area (Å²) in [5.41, 5.74) is 8.24. The molecule has 0 bridgehead atoms. The monoisotopic (exact) mass is 304 g/mol. The van der Waals surface area contributed by atoms with E-state index in [1.54, 1.807) is 11.8 Å². The second-order valence-electron chi connectivity index (χ2n) is 5.74. The highest BCUT2D eigenvalue weighted by atomic mass is 32.2. The van der Waals surface area contributed by atoms with Crippen LogP contribution in [-0.4, -0.2) is 33.7 Å². The maximum Gasteiger partial charge on any atom is 0.237 e. The van der Waals surface area contributed by atoms with Crippen molar-refractivity contribution in [1.29, 1.82) is 0 Å². The van der Waals surface area contributed by atoms with Gasteiger partial charge in [0.2, 0.25) is 5.91 Å². The van der Waals surface area contributed by atoms with Crippen molar-refractivity contribution in [1.82, 2.24) is 15.3 Å². The van der Waals surface area contributed by atoms with Gasteiger partial charge in [-0.15, -0.1) is 0 Å². The zero-order valence-corrected chi connectivity index (χ0v) is 13.1. The van der Waals surface area contributed by atoms with Crippen molar-refractivity contribution in [2.24, 2.45) is 5.73 Å². The number of H-pyrrole nitrogens is 1. The lowest BCUT2D eigenvalue weighted by Gasteiger charge is -2.24. The van der Waals surface area contributed by atoms with Crippen LogP contribution in [0.3, 0.4) is 0 Å². The molecule has 2 atom stereocenters. The quantitative estimate of drug-likeness (QED) is 0.806. The summed E-state index contributed by atoms with van der Waals surface area (Å²) in [6.45, 7) is 2.07. The summed E-state index contributed by atoms with van der Waals surface area (Å²) < 4.78 is 0. The van der Waals surface area contributed by atoms with Gasteiger partial charge in [0, 0.05) is 5.25 Å². The highest BCUT2D eigenvalue weighted by Crippen LogP contribution is 2.39. The Morgan fingerprint density at radius 3 is 3.05 bits per heavy atom. The van der Waals surface area contributed by atoms with E-state index in [9.17, 15) is 4.79 Å². The first kappa shape index (κ1) is 14.4. The second kappa shape index (κ2) is 5.35. The number of imidazole rings is 1. The Hall–Kier alpha value is -1.53. The van der Waals surface area contributed by atoms with Crippen LogP contribution in [-0.2, 0) is 4.79 Å². The third-order valence-electron chi connectivity index (χ3n) is 4.31. The van der Waals surface area contributed by atoms with E-state index in [0.29, 0.717) is 5.25 Å². The molecule has 5 nitrogen and oxygen atoms in total.